The largest absolute Gasteiger partial charge is 0.497 e. The van der Waals surface area contributed by atoms with Gasteiger partial charge in [-0.1, -0.05) is 35.9 Å². The maximum atomic E-state index is 12.5. The zero-order chi connectivity index (χ0) is 21.6. The highest BCUT2D eigenvalue weighted by Gasteiger charge is 2.21. The lowest BCUT2D eigenvalue weighted by Gasteiger charge is -2.34. The highest BCUT2D eigenvalue weighted by molar-refractivity contribution is 7.13. The molecule has 8 heteroatoms. The molecule has 1 fully saturated rings. The summed E-state index contributed by atoms with van der Waals surface area (Å²) in [6.07, 6.45) is 0. The summed E-state index contributed by atoms with van der Waals surface area (Å²) >= 11 is 7.61. The molecule has 6 nitrogen and oxygen atoms in total. The fraction of sp³-hybridized carbons (Fsp3) is 0.304. The summed E-state index contributed by atoms with van der Waals surface area (Å²) in [6.45, 7) is 4.40. The lowest BCUT2D eigenvalue weighted by molar-refractivity contribution is 0.134. The molecule has 0 atom stereocenters. The molecule has 0 unspecified atom stereocenters. The number of hydrogen-bond acceptors (Lipinski definition) is 5. The number of piperazine rings is 1. The molecule has 162 valence electrons. The molecule has 1 aliphatic heterocycles. The Morgan fingerprint density at radius 1 is 1.10 bits per heavy atom. The van der Waals surface area contributed by atoms with Crippen molar-refractivity contribution in [2.24, 2.45) is 0 Å². The monoisotopic (exact) mass is 456 g/mol. The van der Waals surface area contributed by atoms with Crippen LogP contribution in [0.5, 0.6) is 5.75 Å². The van der Waals surface area contributed by atoms with Gasteiger partial charge in [0.05, 0.1) is 12.8 Å². The topological polar surface area (TPSA) is 57.7 Å². The average Bonchev–Trinajstić information content (AvgIpc) is 3.27. The normalized spacial score (nSPS) is 14.5. The van der Waals surface area contributed by atoms with E-state index in [0.29, 0.717) is 19.6 Å². The van der Waals surface area contributed by atoms with Crippen molar-refractivity contribution in [3.63, 3.8) is 0 Å². The number of urea groups is 1. The summed E-state index contributed by atoms with van der Waals surface area (Å²) < 4.78 is 5.16. The number of amides is 2. The first-order valence-electron chi connectivity index (χ1n) is 10.2. The predicted molar refractivity (Wildman–Crippen MR) is 125 cm³/mol. The van der Waals surface area contributed by atoms with E-state index in [-0.39, 0.29) is 6.03 Å². The van der Waals surface area contributed by atoms with Crippen molar-refractivity contribution in [1.29, 1.82) is 0 Å². The second kappa shape index (κ2) is 10.1. The van der Waals surface area contributed by atoms with Gasteiger partial charge in [0.25, 0.3) is 0 Å². The van der Waals surface area contributed by atoms with E-state index in [4.69, 9.17) is 21.3 Å². The van der Waals surface area contributed by atoms with E-state index in [1.807, 2.05) is 53.4 Å². The van der Waals surface area contributed by atoms with Crippen LogP contribution in [0, 0.1) is 0 Å². The van der Waals surface area contributed by atoms with Gasteiger partial charge in [0, 0.05) is 55.2 Å². The lowest BCUT2D eigenvalue weighted by Crippen LogP contribution is -2.51. The predicted octanol–water partition coefficient (Wildman–Crippen LogP) is 4.50. The Balaban J connectivity index is 1.23. The van der Waals surface area contributed by atoms with Gasteiger partial charge in [-0.15, -0.1) is 11.3 Å². The lowest BCUT2D eigenvalue weighted by atomic mass is 10.2. The number of rotatable bonds is 6. The third-order valence-electron chi connectivity index (χ3n) is 5.29. The third kappa shape index (κ3) is 5.76. The van der Waals surface area contributed by atoms with E-state index < -0.39 is 0 Å². The summed E-state index contributed by atoms with van der Waals surface area (Å²) in [7, 11) is 1.64. The van der Waals surface area contributed by atoms with Crippen molar-refractivity contribution < 1.29 is 9.53 Å². The number of benzene rings is 2. The van der Waals surface area contributed by atoms with Gasteiger partial charge in [0.2, 0.25) is 0 Å². The Kier molecular flexibility index (Phi) is 7.06. The van der Waals surface area contributed by atoms with E-state index in [2.05, 4.69) is 15.6 Å². The van der Waals surface area contributed by atoms with Crippen LogP contribution in [0.3, 0.4) is 0 Å². The van der Waals surface area contributed by atoms with Crippen LogP contribution < -0.4 is 10.1 Å². The number of hydrogen-bond donors (Lipinski definition) is 1. The smallest absolute Gasteiger partial charge is 0.317 e. The van der Waals surface area contributed by atoms with Crippen molar-refractivity contribution in [1.82, 2.24) is 20.1 Å². The number of thiazole rings is 1. The van der Waals surface area contributed by atoms with Crippen LogP contribution in [0.25, 0.3) is 10.6 Å². The number of halogens is 1. The summed E-state index contributed by atoms with van der Waals surface area (Å²) in [5.41, 5.74) is 3.19. The second-order valence-electron chi connectivity index (χ2n) is 7.42. The number of methoxy groups -OCH3 is 1. The second-order valence-corrected chi connectivity index (χ2v) is 8.72. The van der Waals surface area contributed by atoms with E-state index in [9.17, 15) is 4.79 Å². The molecule has 2 aromatic carbocycles. The molecule has 1 aliphatic rings. The highest BCUT2D eigenvalue weighted by Crippen LogP contribution is 2.25. The first-order chi connectivity index (χ1) is 15.1. The molecular weight excluding hydrogens is 432 g/mol. The van der Waals surface area contributed by atoms with Crippen LogP contribution in [0.1, 0.15) is 11.3 Å². The standard InChI is InChI=1S/C23H25ClN4O2S/c1-30-21-8-2-17(3-9-21)14-25-23(29)28-12-10-27(11-13-28)15-20-16-31-22(26-20)18-4-6-19(24)7-5-18/h2-9,16H,10-15H2,1H3,(H,25,29). The first kappa shape index (κ1) is 21.6. The summed E-state index contributed by atoms with van der Waals surface area (Å²) in [5, 5.41) is 6.84. The maximum absolute atomic E-state index is 12.5. The number of nitrogens with zero attached hydrogens (tertiary/aromatic N) is 3. The quantitative estimate of drug-likeness (QED) is 0.593. The van der Waals surface area contributed by atoms with Crippen molar-refractivity contribution in [2.45, 2.75) is 13.1 Å². The summed E-state index contributed by atoms with van der Waals surface area (Å²) in [4.78, 5) is 21.5. The third-order valence-corrected chi connectivity index (χ3v) is 6.48. The van der Waals surface area contributed by atoms with E-state index in [0.717, 1.165) is 52.2 Å². The van der Waals surface area contributed by atoms with Crippen LogP contribution in [0.4, 0.5) is 4.79 Å². The molecule has 2 heterocycles. The molecule has 1 saturated heterocycles. The molecule has 2 amide bonds. The average molecular weight is 457 g/mol. The van der Waals surface area contributed by atoms with Gasteiger partial charge in [0.1, 0.15) is 10.8 Å². The molecule has 0 bridgehead atoms. The van der Waals surface area contributed by atoms with Crippen LogP contribution in [0.2, 0.25) is 5.02 Å². The fourth-order valence-electron chi connectivity index (χ4n) is 3.48. The number of aromatic nitrogens is 1. The first-order valence-corrected chi connectivity index (χ1v) is 11.4. The minimum atomic E-state index is -0.0193. The van der Waals surface area contributed by atoms with Gasteiger partial charge in [-0.05, 0) is 29.8 Å². The highest BCUT2D eigenvalue weighted by atomic mass is 35.5. The molecule has 3 aromatic rings. The fourth-order valence-corrected chi connectivity index (χ4v) is 4.42. The van der Waals surface area contributed by atoms with Gasteiger partial charge in [-0.2, -0.15) is 0 Å². The molecule has 4 rings (SSSR count). The Morgan fingerprint density at radius 3 is 2.48 bits per heavy atom. The van der Waals surface area contributed by atoms with Gasteiger partial charge >= 0.3 is 6.03 Å². The van der Waals surface area contributed by atoms with E-state index in [1.165, 1.54) is 0 Å². The number of carbonyl (C=O) groups excluding carboxylic acids is 1. The molecule has 0 saturated carbocycles. The van der Waals surface area contributed by atoms with Crippen LogP contribution >= 0.6 is 22.9 Å². The maximum Gasteiger partial charge on any atom is 0.317 e. The summed E-state index contributed by atoms with van der Waals surface area (Å²) in [5.74, 6) is 0.812. The van der Waals surface area contributed by atoms with Crippen LogP contribution in [0.15, 0.2) is 53.9 Å². The SMILES string of the molecule is COc1ccc(CNC(=O)N2CCN(Cc3csc(-c4ccc(Cl)cc4)n3)CC2)cc1. The minimum absolute atomic E-state index is 0.0193. The summed E-state index contributed by atoms with van der Waals surface area (Å²) in [6, 6.07) is 15.5. The van der Waals surface area contributed by atoms with E-state index >= 15 is 0 Å². The van der Waals surface area contributed by atoms with Gasteiger partial charge in [0.15, 0.2) is 0 Å². The van der Waals surface area contributed by atoms with Crippen molar-refractivity contribution in [3.8, 4) is 16.3 Å². The van der Waals surface area contributed by atoms with Crippen molar-refractivity contribution >= 4 is 29.0 Å². The number of carbonyl (C=O) groups is 1. The minimum Gasteiger partial charge on any atom is -0.497 e. The zero-order valence-corrected chi connectivity index (χ0v) is 19.0. The molecule has 0 spiro atoms. The Bertz CT molecular complexity index is 999. The molecule has 1 aromatic heterocycles. The molecular formula is C23H25ClN4O2S. The number of nitrogens with one attached hydrogen (secondary N) is 1. The van der Waals surface area contributed by atoms with Gasteiger partial charge < -0.3 is 15.0 Å². The zero-order valence-electron chi connectivity index (χ0n) is 17.4. The molecule has 0 radical (unpaired) electrons. The Morgan fingerprint density at radius 2 is 1.81 bits per heavy atom. The van der Waals surface area contributed by atoms with Crippen molar-refractivity contribution in [3.05, 3.63) is 70.2 Å². The molecule has 1 N–H and O–H groups in total. The van der Waals surface area contributed by atoms with Gasteiger partial charge in [-0.3, -0.25) is 4.90 Å². The Hall–Kier alpha value is -2.61. The molecule has 0 aliphatic carbocycles. The number of ether oxygens (including phenoxy) is 1. The van der Waals surface area contributed by atoms with Crippen LogP contribution in [-0.2, 0) is 13.1 Å². The van der Waals surface area contributed by atoms with Crippen molar-refractivity contribution in [2.75, 3.05) is 33.3 Å². The van der Waals surface area contributed by atoms with Crippen LogP contribution in [-0.4, -0.2) is 54.1 Å². The van der Waals surface area contributed by atoms with E-state index in [1.54, 1.807) is 18.4 Å². The van der Waals surface area contributed by atoms with Gasteiger partial charge in [-0.25, -0.2) is 9.78 Å². The molecule has 31 heavy (non-hydrogen) atoms. The Labute approximate surface area is 191 Å².